The molecule has 27 heavy (non-hydrogen) atoms. The number of hydrogen-bond acceptors (Lipinski definition) is 2. The van der Waals surface area contributed by atoms with Crippen molar-refractivity contribution in [2.45, 2.75) is 39.4 Å². The lowest BCUT2D eigenvalue weighted by atomic mass is 10.1. The molecule has 0 saturated carbocycles. The first-order chi connectivity index (χ1) is 12.9. The summed E-state index contributed by atoms with van der Waals surface area (Å²) >= 11 is 0. The van der Waals surface area contributed by atoms with Crippen molar-refractivity contribution in [3.8, 4) is 0 Å². The molecule has 1 aromatic heterocycles. The van der Waals surface area contributed by atoms with Crippen molar-refractivity contribution in [1.29, 1.82) is 0 Å². The minimum Gasteiger partial charge on any atom is -0.349 e. The lowest BCUT2D eigenvalue weighted by molar-refractivity contribution is -0.121. The van der Waals surface area contributed by atoms with Gasteiger partial charge in [-0.05, 0) is 32.0 Å². The Morgan fingerprint density at radius 2 is 1.78 bits per heavy atom. The second kappa shape index (κ2) is 7.73. The van der Waals surface area contributed by atoms with E-state index in [-0.39, 0.29) is 30.1 Å². The molecule has 0 aliphatic heterocycles. The summed E-state index contributed by atoms with van der Waals surface area (Å²) in [5, 5.41) is 2.69. The van der Waals surface area contributed by atoms with Gasteiger partial charge in [0.15, 0.2) is 0 Å². The highest BCUT2D eigenvalue weighted by atomic mass is 19.1. The topological polar surface area (TPSA) is 56.0 Å². The normalized spacial score (nSPS) is 12.3. The Labute approximate surface area is 155 Å². The van der Waals surface area contributed by atoms with Crippen LogP contribution in [0.25, 0.3) is 11.0 Å². The molecule has 0 fully saturated rings. The molecular weight excluding hydrogens is 352 g/mol. The quantitative estimate of drug-likeness (QED) is 0.720. The number of carbonyl (C=O) groups excluding carboxylic acids is 1. The van der Waals surface area contributed by atoms with Gasteiger partial charge in [0.25, 0.3) is 0 Å². The first-order valence-electron chi connectivity index (χ1n) is 8.84. The molecule has 5 nitrogen and oxygen atoms in total. The van der Waals surface area contributed by atoms with Crippen LogP contribution in [0.5, 0.6) is 0 Å². The Morgan fingerprint density at radius 3 is 2.41 bits per heavy atom. The molecule has 0 unspecified atom stereocenters. The van der Waals surface area contributed by atoms with Gasteiger partial charge in [-0.25, -0.2) is 13.6 Å². The summed E-state index contributed by atoms with van der Waals surface area (Å²) < 4.78 is 30.1. The van der Waals surface area contributed by atoms with Gasteiger partial charge >= 0.3 is 5.69 Å². The molecule has 0 spiro atoms. The summed E-state index contributed by atoms with van der Waals surface area (Å²) in [4.78, 5) is 24.8. The number of imidazole rings is 1. The SMILES string of the molecule is CCn1c(=O)n(CCC(=O)N[C@H](C)c2ccc(F)cc2F)c2ccccc21. The van der Waals surface area contributed by atoms with Crippen molar-refractivity contribution < 1.29 is 13.6 Å². The van der Waals surface area contributed by atoms with Crippen LogP contribution in [0.2, 0.25) is 0 Å². The zero-order chi connectivity index (χ0) is 19.6. The van der Waals surface area contributed by atoms with Crippen LogP contribution in [0, 0.1) is 11.6 Å². The van der Waals surface area contributed by atoms with Crippen molar-refractivity contribution in [1.82, 2.24) is 14.5 Å². The second-order valence-electron chi connectivity index (χ2n) is 6.37. The van der Waals surface area contributed by atoms with E-state index >= 15 is 0 Å². The number of aryl methyl sites for hydroxylation is 2. The summed E-state index contributed by atoms with van der Waals surface area (Å²) in [5.74, 6) is -1.68. The third-order valence-electron chi connectivity index (χ3n) is 4.61. The third-order valence-corrected chi connectivity index (χ3v) is 4.61. The lowest BCUT2D eigenvalue weighted by Gasteiger charge is -2.15. The van der Waals surface area contributed by atoms with E-state index in [1.165, 1.54) is 6.07 Å². The predicted molar refractivity (Wildman–Crippen MR) is 99.4 cm³/mol. The number of hydrogen-bond donors (Lipinski definition) is 1. The summed E-state index contributed by atoms with van der Waals surface area (Å²) in [6.45, 7) is 4.28. The lowest BCUT2D eigenvalue weighted by Crippen LogP contribution is -2.30. The number of nitrogens with one attached hydrogen (secondary N) is 1. The monoisotopic (exact) mass is 373 g/mol. The number of aromatic nitrogens is 2. The number of amides is 1. The molecule has 1 amide bonds. The van der Waals surface area contributed by atoms with E-state index in [4.69, 9.17) is 0 Å². The van der Waals surface area contributed by atoms with Crippen molar-refractivity contribution in [2.24, 2.45) is 0 Å². The summed E-state index contributed by atoms with van der Waals surface area (Å²) in [6, 6.07) is 10.1. The van der Waals surface area contributed by atoms with Gasteiger partial charge in [0, 0.05) is 31.1 Å². The maximum atomic E-state index is 13.8. The number of nitrogens with zero attached hydrogens (tertiary/aromatic N) is 2. The van der Waals surface area contributed by atoms with Gasteiger partial charge in [-0.3, -0.25) is 13.9 Å². The molecule has 3 aromatic rings. The first kappa shape index (κ1) is 18.8. The fourth-order valence-corrected chi connectivity index (χ4v) is 3.25. The van der Waals surface area contributed by atoms with Crippen molar-refractivity contribution in [3.63, 3.8) is 0 Å². The minimum atomic E-state index is -0.704. The number of fused-ring (bicyclic) bond motifs is 1. The van der Waals surface area contributed by atoms with Gasteiger partial charge in [-0.1, -0.05) is 18.2 Å². The van der Waals surface area contributed by atoms with E-state index < -0.39 is 17.7 Å². The van der Waals surface area contributed by atoms with Crippen LogP contribution in [0.15, 0.2) is 47.3 Å². The van der Waals surface area contributed by atoms with E-state index in [1.807, 2.05) is 31.2 Å². The van der Waals surface area contributed by atoms with Crippen molar-refractivity contribution in [2.75, 3.05) is 0 Å². The highest BCUT2D eigenvalue weighted by Crippen LogP contribution is 2.18. The molecule has 3 rings (SSSR count). The number of halogens is 2. The largest absolute Gasteiger partial charge is 0.349 e. The van der Waals surface area contributed by atoms with Gasteiger partial charge in [-0.2, -0.15) is 0 Å². The highest BCUT2D eigenvalue weighted by Gasteiger charge is 2.16. The van der Waals surface area contributed by atoms with E-state index in [0.717, 1.165) is 23.2 Å². The van der Waals surface area contributed by atoms with E-state index in [0.29, 0.717) is 6.54 Å². The number of para-hydroxylation sites is 2. The zero-order valence-corrected chi connectivity index (χ0v) is 15.2. The summed E-state index contributed by atoms with van der Waals surface area (Å²) in [7, 11) is 0. The molecule has 0 aliphatic rings. The molecule has 1 atom stereocenters. The van der Waals surface area contributed by atoms with Gasteiger partial charge in [0.1, 0.15) is 11.6 Å². The van der Waals surface area contributed by atoms with Crippen LogP contribution in [0.4, 0.5) is 8.78 Å². The first-order valence-corrected chi connectivity index (χ1v) is 8.84. The second-order valence-corrected chi connectivity index (χ2v) is 6.37. The average Bonchev–Trinajstić information content (AvgIpc) is 2.90. The van der Waals surface area contributed by atoms with Gasteiger partial charge < -0.3 is 5.32 Å². The molecule has 1 heterocycles. The van der Waals surface area contributed by atoms with Crippen LogP contribution in [0.3, 0.4) is 0 Å². The van der Waals surface area contributed by atoms with Crippen molar-refractivity contribution in [3.05, 3.63) is 70.1 Å². The van der Waals surface area contributed by atoms with Crippen LogP contribution < -0.4 is 11.0 Å². The molecule has 0 bridgehead atoms. The zero-order valence-electron chi connectivity index (χ0n) is 15.2. The van der Waals surface area contributed by atoms with Crippen molar-refractivity contribution >= 4 is 16.9 Å². The predicted octanol–water partition coefficient (Wildman–Crippen LogP) is 3.37. The smallest absolute Gasteiger partial charge is 0.329 e. The number of benzene rings is 2. The molecule has 7 heteroatoms. The molecule has 2 aromatic carbocycles. The van der Waals surface area contributed by atoms with E-state index in [1.54, 1.807) is 16.1 Å². The van der Waals surface area contributed by atoms with E-state index in [9.17, 15) is 18.4 Å². The van der Waals surface area contributed by atoms with Gasteiger partial charge in [0.2, 0.25) is 5.91 Å². The molecule has 0 aliphatic carbocycles. The van der Waals surface area contributed by atoms with Crippen LogP contribution >= 0.6 is 0 Å². The molecular formula is C20H21F2N3O2. The molecule has 1 N–H and O–H groups in total. The van der Waals surface area contributed by atoms with E-state index in [2.05, 4.69) is 5.32 Å². The van der Waals surface area contributed by atoms with Gasteiger partial charge in [-0.15, -0.1) is 0 Å². The van der Waals surface area contributed by atoms with Gasteiger partial charge in [0.05, 0.1) is 17.1 Å². The number of carbonyl (C=O) groups is 1. The fraction of sp³-hybridized carbons (Fsp3) is 0.300. The molecule has 142 valence electrons. The average molecular weight is 373 g/mol. The maximum absolute atomic E-state index is 13.8. The summed E-state index contributed by atoms with van der Waals surface area (Å²) in [6.07, 6.45) is 0.0742. The highest BCUT2D eigenvalue weighted by molar-refractivity contribution is 5.78. The van der Waals surface area contributed by atoms with Crippen LogP contribution in [-0.2, 0) is 17.9 Å². The summed E-state index contributed by atoms with van der Waals surface area (Å²) in [5.41, 5.74) is 1.65. The standard InChI is InChI=1S/C20H21F2N3O2/c1-3-24-17-6-4-5-7-18(17)25(20(24)27)11-10-19(26)23-13(2)15-9-8-14(21)12-16(15)22/h4-9,12-13H,3,10-11H2,1-2H3,(H,23,26)/t13-/m1/s1. The Balaban J connectivity index is 1.72. The molecule has 0 radical (unpaired) electrons. The third kappa shape index (κ3) is 3.77. The Hall–Kier alpha value is -2.96. The van der Waals surface area contributed by atoms with Crippen LogP contribution in [0.1, 0.15) is 31.9 Å². The van der Waals surface area contributed by atoms with Crippen LogP contribution in [-0.4, -0.2) is 15.0 Å². The molecule has 0 saturated heterocycles. The fourth-order valence-electron chi connectivity index (χ4n) is 3.25. The Kier molecular flexibility index (Phi) is 5.39. The number of rotatable bonds is 6. The Bertz CT molecular complexity index is 1040. The minimum absolute atomic E-state index is 0.0742. The maximum Gasteiger partial charge on any atom is 0.329 e. The Morgan fingerprint density at radius 1 is 1.11 bits per heavy atom.